The molecule has 0 spiro atoms. The average Bonchev–Trinajstić information content (AvgIpc) is 3.48. The number of alkyl halides is 3. The van der Waals surface area contributed by atoms with E-state index in [-0.39, 0.29) is 16.9 Å². The molecule has 5 aromatic rings. The maximum Gasteiger partial charge on any atom is 0.416 e. The number of pyridine rings is 1. The molecule has 37 heavy (non-hydrogen) atoms. The SMILES string of the molecule is Cn1cc(-n2cnc3cc(C#Cc4cc(C(=O)Nc5cc(C(F)(F)F)ccn5)ccc4F)ccc32)cn1. The van der Waals surface area contributed by atoms with E-state index in [1.165, 1.54) is 12.1 Å². The number of fused-ring (bicyclic) bond motifs is 1. The largest absolute Gasteiger partial charge is 0.416 e. The number of hydrogen-bond acceptors (Lipinski definition) is 4. The van der Waals surface area contributed by atoms with Crippen molar-refractivity contribution in [2.24, 2.45) is 7.05 Å². The van der Waals surface area contributed by atoms with Gasteiger partial charge in [-0.3, -0.25) is 14.0 Å². The second kappa shape index (κ2) is 9.23. The summed E-state index contributed by atoms with van der Waals surface area (Å²) in [6, 6.07) is 10.4. The van der Waals surface area contributed by atoms with Crippen LogP contribution >= 0.6 is 0 Å². The molecule has 0 saturated carbocycles. The number of hydrogen-bond donors (Lipinski definition) is 1. The number of carbonyl (C=O) groups is 1. The van der Waals surface area contributed by atoms with Gasteiger partial charge < -0.3 is 5.32 Å². The molecule has 0 fully saturated rings. The first-order valence-electron chi connectivity index (χ1n) is 10.8. The molecular formula is C26H16F4N6O. The Balaban J connectivity index is 1.38. The molecule has 3 aromatic heterocycles. The van der Waals surface area contributed by atoms with Crippen molar-refractivity contribution >= 4 is 22.8 Å². The van der Waals surface area contributed by atoms with Gasteiger partial charge in [0, 0.05) is 30.6 Å². The molecule has 0 aliphatic carbocycles. The van der Waals surface area contributed by atoms with Gasteiger partial charge in [0.05, 0.1) is 34.0 Å². The molecule has 0 saturated heterocycles. The lowest BCUT2D eigenvalue weighted by molar-refractivity contribution is -0.137. The van der Waals surface area contributed by atoms with Crippen LogP contribution in [0.1, 0.15) is 27.0 Å². The minimum atomic E-state index is -4.58. The Morgan fingerprint density at radius 1 is 1.03 bits per heavy atom. The van der Waals surface area contributed by atoms with Crippen LogP contribution in [0.15, 0.2) is 73.4 Å². The summed E-state index contributed by atoms with van der Waals surface area (Å²) in [5, 5.41) is 6.45. The highest BCUT2D eigenvalue weighted by molar-refractivity contribution is 6.04. The van der Waals surface area contributed by atoms with E-state index in [0.717, 1.165) is 29.5 Å². The number of nitrogens with zero attached hydrogens (tertiary/aromatic N) is 5. The quantitative estimate of drug-likeness (QED) is 0.278. The van der Waals surface area contributed by atoms with E-state index in [9.17, 15) is 22.4 Å². The fraction of sp³-hybridized carbons (Fsp3) is 0.0769. The molecule has 11 heteroatoms. The number of carbonyl (C=O) groups excluding carboxylic acids is 1. The first-order chi connectivity index (χ1) is 17.7. The summed E-state index contributed by atoms with van der Waals surface area (Å²) in [5.41, 5.74) is 1.95. The lowest BCUT2D eigenvalue weighted by Crippen LogP contribution is -2.14. The predicted molar refractivity (Wildman–Crippen MR) is 127 cm³/mol. The Morgan fingerprint density at radius 3 is 2.62 bits per heavy atom. The first-order valence-corrected chi connectivity index (χ1v) is 10.8. The summed E-state index contributed by atoms with van der Waals surface area (Å²) in [4.78, 5) is 20.7. The molecule has 0 bridgehead atoms. The van der Waals surface area contributed by atoms with E-state index in [2.05, 4.69) is 32.2 Å². The highest BCUT2D eigenvalue weighted by Crippen LogP contribution is 2.30. The van der Waals surface area contributed by atoms with Crippen molar-refractivity contribution in [2.45, 2.75) is 6.18 Å². The van der Waals surface area contributed by atoms with Crippen molar-refractivity contribution in [3.05, 3.63) is 102 Å². The van der Waals surface area contributed by atoms with Gasteiger partial charge in [0.2, 0.25) is 0 Å². The van der Waals surface area contributed by atoms with Gasteiger partial charge in [-0.05, 0) is 48.5 Å². The molecule has 0 radical (unpaired) electrons. The van der Waals surface area contributed by atoms with Crippen molar-refractivity contribution in [3.8, 4) is 17.5 Å². The van der Waals surface area contributed by atoms with E-state index >= 15 is 0 Å². The van der Waals surface area contributed by atoms with Crippen molar-refractivity contribution in [2.75, 3.05) is 5.32 Å². The number of aromatic nitrogens is 5. The fourth-order valence-electron chi connectivity index (χ4n) is 3.59. The highest BCUT2D eigenvalue weighted by atomic mass is 19.4. The number of halogens is 4. The Hall–Kier alpha value is -4.98. The topological polar surface area (TPSA) is 77.6 Å². The average molecular weight is 504 g/mol. The Morgan fingerprint density at radius 2 is 1.86 bits per heavy atom. The summed E-state index contributed by atoms with van der Waals surface area (Å²) < 4.78 is 56.7. The van der Waals surface area contributed by atoms with Crippen LogP contribution in [0, 0.1) is 17.7 Å². The van der Waals surface area contributed by atoms with E-state index in [1.54, 1.807) is 29.3 Å². The Kier molecular flexibility index (Phi) is 5.93. The zero-order valence-electron chi connectivity index (χ0n) is 19.1. The van der Waals surface area contributed by atoms with Crippen LogP contribution in [0.2, 0.25) is 0 Å². The molecule has 1 amide bonds. The first kappa shape index (κ1) is 23.7. The molecule has 3 heterocycles. The van der Waals surface area contributed by atoms with Crippen LogP contribution in [-0.4, -0.2) is 30.2 Å². The number of imidazole rings is 1. The van der Waals surface area contributed by atoms with Crippen LogP contribution in [-0.2, 0) is 13.2 Å². The highest BCUT2D eigenvalue weighted by Gasteiger charge is 2.30. The van der Waals surface area contributed by atoms with E-state index in [4.69, 9.17) is 0 Å². The second-order valence-corrected chi connectivity index (χ2v) is 8.02. The van der Waals surface area contributed by atoms with Crippen molar-refractivity contribution < 1.29 is 22.4 Å². The van der Waals surface area contributed by atoms with Crippen molar-refractivity contribution in [3.63, 3.8) is 0 Å². The number of nitrogens with one attached hydrogen (secondary N) is 1. The predicted octanol–water partition coefficient (Wildman–Crippen LogP) is 4.96. The zero-order valence-corrected chi connectivity index (χ0v) is 19.1. The number of rotatable bonds is 3. The van der Waals surface area contributed by atoms with Crippen LogP contribution < -0.4 is 5.32 Å². The molecular weight excluding hydrogens is 488 g/mol. The number of anilines is 1. The summed E-state index contributed by atoms with van der Waals surface area (Å²) in [7, 11) is 1.82. The van der Waals surface area contributed by atoms with Crippen molar-refractivity contribution in [1.82, 2.24) is 24.3 Å². The van der Waals surface area contributed by atoms with Gasteiger partial charge >= 0.3 is 6.18 Å². The van der Waals surface area contributed by atoms with Gasteiger partial charge in [-0.15, -0.1) is 0 Å². The van der Waals surface area contributed by atoms with Gasteiger partial charge in [-0.1, -0.05) is 11.8 Å². The van der Waals surface area contributed by atoms with Gasteiger partial charge in [0.25, 0.3) is 5.91 Å². The molecule has 0 unspecified atom stereocenters. The van der Waals surface area contributed by atoms with Crippen LogP contribution in [0.5, 0.6) is 0 Å². The molecule has 0 aliphatic rings. The zero-order chi connectivity index (χ0) is 26.2. The molecule has 184 valence electrons. The van der Waals surface area contributed by atoms with Gasteiger partial charge in [0.15, 0.2) is 0 Å². The lowest BCUT2D eigenvalue weighted by atomic mass is 10.1. The second-order valence-electron chi connectivity index (χ2n) is 8.02. The normalized spacial score (nSPS) is 11.3. The smallest absolute Gasteiger partial charge is 0.307 e. The number of amides is 1. The van der Waals surface area contributed by atoms with Crippen LogP contribution in [0.3, 0.4) is 0 Å². The van der Waals surface area contributed by atoms with Gasteiger partial charge in [-0.2, -0.15) is 18.3 Å². The standard InChI is InChI=1S/C26H16F4N6O/c1-35-14-20(13-33-35)36-15-32-22-10-16(3-7-23(22)36)2-4-17-11-18(5-6-21(17)27)25(37)34-24-12-19(8-9-31-24)26(28,29)30/h3,5-15H,1H3,(H,31,34,37). The third-order valence-corrected chi connectivity index (χ3v) is 5.42. The molecule has 2 aromatic carbocycles. The summed E-state index contributed by atoms with van der Waals surface area (Å²) in [6.45, 7) is 0. The summed E-state index contributed by atoms with van der Waals surface area (Å²) >= 11 is 0. The minimum absolute atomic E-state index is 0.00979. The molecule has 7 nitrogen and oxygen atoms in total. The third kappa shape index (κ3) is 5.04. The summed E-state index contributed by atoms with van der Waals surface area (Å²) in [5.74, 6) is 3.88. The van der Waals surface area contributed by atoms with E-state index < -0.39 is 23.5 Å². The Labute approximate surface area is 207 Å². The minimum Gasteiger partial charge on any atom is -0.307 e. The van der Waals surface area contributed by atoms with Crippen molar-refractivity contribution in [1.29, 1.82) is 0 Å². The fourth-order valence-corrected chi connectivity index (χ4v) is 3.59. The molecule has 1 N–H and O–H groups in total. The Bertz CT molecular complexity index is 1710. The number of benzene rings is 2. The third-order valence-electron chi connectivity index (χ3n) is 5.42. The van der Waals surface area contributed by atoms with Gasteiger partial charge in [-0.25, -0.2) is 14.4 Å². The molecule has 0 atom stereocenters. The maximum atomic E-state index is 14.4. The molecule has 5 rings (SSSR count). The van der Waals surface area contributed by atoms with E-state index in [1.807, 2.05) is 23.9 Å². The van der Waals surface area contributed by atoms with Crippen LogP contribution in [0.4, 0.5) is 23.4 Å². The number of aryl methyl sites for hydroxylation is 1. The van der Waals surface area contributed by atoms with Crippen LogP contribution in [0.25, 0.3) is 16.7 Å². The molecule has 0 aliphatic heterocycles. The lowest BCUT2D eigenvalue weighted by Gasteiger charge is -2.09. The van der Waals surface area contributed by atoms with Gasteiger partial charge in [0.1, 0.15) is 18.0 Å². The van der Waals surface area contributed by atoms with E-state index in [0.29, 0.717) is 17.1 Å². The monoisotopic (exact) mass is 504 g/mol. The summed E-state index contributed by atoms with van der Waals surface area (Å²) in [6.07, 6.45) is 1.59. The maximum absolute atomic E-state index is 14.4.